The summed E-state index contributed by atoms with van der Waals surface area (Å²) in [5.74, 6) is 0.251. The van der Waals surface area contributed by atoms with E-state index in [2.05, 4.69) is 10.3 Å². The van der Waals surface area contributed by atoms with Gasteiger partial charge in [-0.1, -0.05) is 16.8 Å². The average molecular weight is 189 g/mol. The standard InChI is InChI=1S/C10H11N3O/c1-7-3-4-10(14)8(5-7)9-6-11-12-13(9)2/h3-6,14H,1-2H3. The van der Waals surface area contributed by atoms with E-state index in [0.29, 0.717) is 0 Å². The number of aryl methyl sites for hydroxylation is 2. The summed E-state index contributed by atoms with van der Waals surface area (Å²) in [6.45, 7) is 1.98. The van der Waals surface area contributed by atoms with E-state index in [1.807, 2.05) is 19.1 Å². The normalized spacial score (nSPS) is 10.4. The van der Waals surface area contributed by atoms with Gasteiger partial charge in [-0.3, -0.25) is 0 Å². The van der Waals surface area contributed by atoms with E-state index in [9.17, 15) is 5.11 Å². The molecule has 1 heterocycles. The molecule has 0 radical (unpaired) electrons. The van der Waals surface area contributed by atoms with Gasteiger partial charge in [0.05, 0.1) is 11.9 Å². The van der Waals surface area contributed by atoms with Crippen molar-refractivity contribution in [3.63, 3.8) is 0 Å². The first-order chi connectivity index (χ1) is 6.68. The molecule has 0 aliphatic rings. The molecule has 4 nitrogen and oxygen atoms in total. The third kappa shape index (κ3) is 1.35. The number of hydrogen-bond acceptors (Lipinski definition) is 3. The molecule has 1 N–H and O–H groups in total. The maximum atomic E-state index is 9.66. The second-order valence-corrected chi connectivity index (χ2v) is 3.26. The zero-order valence-electron chi connectivity index (χ0n) is 8.10. The molecule has 4 heteroatoms. The summed E-state index contributed by atoms with van der Waals surface area (Å²) >= 11 is 0. The lowest BCUT2D eigenvalue weighted by molar-refractivity contribution is 0.476. The van der Waals surface area contributed by atoms with Crippen LogP contribution in [0.15, 0.2) is 24.4 Å². The fourth-order valence-electron chi connectivity index (χ4n) is 1.39. The van der Waals surface area contributed by atoms with Gasteiger partial charge in [0.2, 0.25) is 0 Å². The zero-order valence-corrected chi connectivity index (χ0v) is 8.10. The van der Waals surface area contributed by atoms with Crippen LogP contribution in [0.1, 0.15) is 5.56 Å². The average Bonchev–Trinajstić information content (AvgIpc) is 2.56. The number of hydrogen-bond donors (Lipinski definition) is 1. The minimum atomic E-state index is 0.251. The first-order valence-electron chi connectivity index (χ1n) is 4.33. The quantitative estimate of drug-likeness (QED) is 0.739. The highest BCUT2D eigenvalue weighted by atomic mass is 16.3. The van der Waals surface area contributed by atoms with Crippen molar-refractivity contribution in [2.24, 2.45) is 7.05 Å². The predicted molar refractivity (Wildman–Crippen MR) is 52.8 cm³/mol. The van der Waals surface area contributed by atoms with E-state index in [1.165, 1.54) is 0 Å². The van der Waals surface area contributed by atoms with Crippen LogP contribution < -0.4 is 0 Å². The van der Waals surface area contributed by atoms with Gasteiger partial charge in [-0.2, -0.15) is 0 Å². The van der Waals surface area contributed by atoms with Gasteiger partial charge in [-0.15, -0.1) is 5.10 Å². The summed E-state index contributed by atoms with van der Waals surface area (Å²) in [5.41, 5.74) is 2.67. The van der Waals surface area contributed by atoms with E-state index in [0.717, 1.165) is 16.8 Å². The summed E-state index contributed by atoms with van der Waals surface area (Å²) in [4.78, 5) is 0. The van der Waals surface area contributed by atoms with Crippen molar-refractivity contribution < 1.29 is 5.11 Å². The van der Waals surface area contributed by atoms with Crippen LogP contribution in [0.3, 0.4) is 0 Å². The van der Waals surface area contributed by atoms with Crippen LogP contribution in [0.25, 0.3) is 11.3 Å². The minimum Gasteiger partial charge on any atom is -0.507 e. The van der Waals surface area contributed by atoms with E-state index in [4.69, 9.17) is 0 Å². The number of rotatable bonds is 1. The lowest BCUT2D eigenvalue weighted by Gasteiger charge is -2.04. The molecule has 2 aromatic rings. The minimum absolute atomic E-state index is 0.251. The van der Waals surface area contributed by atoms with E-state index < -0.39 is 0 Å². The zero-order chi connectivity index (χ0) is 10.1. The summed E-state index contributed by atoms with van der Waals surface area (Å²) in [7, 11) is 1.80. The maximum absolute atomic E-state index is 9.66. The largest absolute Gasteiger partial charge is 0.507 e. The van der Waals surface area contributed by atoms with Crippen molar-refractivity contribution in [3.8, 4) is 17.0 Å². The van der Waals surface area contributed by atoms with Crippen molar-refractivity contribution in [2.75, 3.05) is 0 Å². The highest BCUT2D eigenvalue weighted by Crippen LogP contribution is 2.28. The van der Waals surface area contributed by atoms with Crippen LogP contribution in [0.2, 0.25) is 0 Å². The Bertz CT molecular complexity index is 462. The number of phenols is 1. The Morgan fingerprint density at radius 3 is 2.79 bits per heavy atom. The Kier molecular flexibility index (Phi) is 1.96. The lowest BCUT2D eigenvalue weighted by Crippen LogP contribution is -1.94. The number of benzene rings is 1. The van der Waals surface area contributed by atoms with Crippen LogP contribution in [0, 0.1) is 6.92 Å². The van der Waals surface area contributed by atoms with Gasteiger partial charge in [0.25, 0.3) is 0 Å². The summed E-state index contributed by atoms with van der Waals surface area (Å²) in [6.07, 6.45) is 1.63. The Balaban J connectivity index is 2.62. The molecule has 1 aromatic carbocycles. The fourth-order valence-corrected chi connectivity index (χ4v) is 1.39. The highest BCUT2D eigenvalue weighted by Gasteiger charge is 2.08. The summed E-state index contributed by atoms with van der Waals surface area (Å²) in [5, 5.41) is 17.3. The lowest BCUT2D eigenvalue weighted by atomic mass is 10.1. The van der Waals surface area contributed by atoms with Crippen LogP contribution in [0.5, 0.6) is 5.75 Å². The predicted octanol–water partition coefficient (Wildman–Crippen LogP) is 1.50. The Morgan fingerprint density at radius 1 is 1.36 bits per heavy atom. The molecule has 1 aromatic heterocycles. The van der Waals surface area contributed by atoms with Gasteiger partial charge in [0, 0.05) is 12.6 Å². The summed E-state index contributed by atoms with van der Waals surface area (Å²) < 4.78 is 1.63. The third-order valence-corrected chi connectivity index (χ3v) is 2.14. The van der Waals surface area contributed by atoms with Gasteiger partial charge >= 0.3 is 0 Å². The highest BCUT2D eigenvalue weighted by molar-refractivity contribution is 5.66. The van der Waals surface area contributed by atoms with Gasteiger partial charge in [0.15, 0.2) is 0 Å². The SMILES string of the molecule is Cc1ccc(O)c(-c2cnnn2C)c1. The van der Waals surface area contributed by atoms with E-state index in [1.54, 1.807) is 24.0 Å². The van der Waals surface area contributed by atoms with Crippen molar-refractivity contribution >= 4 is 0 Å². The summed E-state index contributed by atoms with van der Waals surface area (Å²) in [6, 6.07) is 5.45. The van der Waals surface area contributed by atoms with Crippen molar-refractivity contribution in [2.45, 2.75) is 6.92 Å². The molecule has 0 aliphatic carbocycles. The molecule has 0 aliphatic heterocycles. The number of aromatic hydroxyl groups is 1. The molecule has 0 saturated heterocycles. The van der Waals surface area contributed by atoms with Crippen molar-refractivity contribution in [3.05, 3.63) is 30.0 Å². The van der Waals surface area contributed by atoms with Crippen LogP contribution in [-0.4, -0.2) is 20.1 Å². The Labute approximate surface area is 81.8 Å². The van der Waals surface area contributed by atoms with Crippen molar-refractivity contribution in [1.29, 1.82) is 0 Å². The van der Waals surface area contributed by atoms with Crippen LogP contribution in [-0.2, 0) is 7.05 Å². The number of nitrogens with zero attached hydrogens (tertiary/aromatic N) is 3. The van der Waals surface area contributed by atoms with Crippen LogP contribution >= 0.6 is 0 Å². The first kappa shape index (κ1) is 8.74. The second-order valence-electron chi connectivity index (χ2n) is 3.26. The van der Waals surface area contributed by atoms with Crippen molar-refractivity contribution in [1.82, 2.24) is 15.0 Å². The van der Waals surface area contributed by atoms with Gasteiger partial charge in [0.1, 0.15) is 5.75 Å². The second kappa shape index (κ2) is 3.14. The molecule has 0 saturated carbocycles. The molecule has 0 spiro atoms. The molecule has 0 amide bonds. The molecule has 0 unspecified atom stereocenters. The van der Waals surface area contributed by atoms with Gasteiger partial charge < -0.3 is 5.11 Å². The molecular weight excluding hydrogens is 178 g/mol. The third-order valence-electron chi connectivity index (χ3n) is 2.14. The number of phenolic OH excluding ortho intramolecular Hbond substituents is 1. The molecule has 0 bridgehead atoms. The number of aromatic nitrogens is 3. The molecule has 72 valence electrons. The molecular formula is C10H11N3O. The first-order valence-corrected chi connectivity index (χ1v) is 4.33. The van der Waals surface area contributed by atoms with Gasteiger partial charge in [-0.05, 0) is 19.1 Å². The van der Waals surface area contributed by atoms with Crippen LogP contribution in [0.4, 0.5) is 0 Å². The van der Waals surface area contributed by atoms with E-state index in [-0.39, 0.29) is 5.75 Å². The topological polar surface area (TPSA) is 50.9 Å². The monoisotopic (exact) mass is 189 g/mol. The molecule has 14 heavy (non-hydrogen) atoms. The molecule has 0 fully saturated rings. The maximum Gasteiger partial charge on any atom is 0.125 e. The fraction of sp³-hybridized carbons (Fsp3) is 0.200. The molecule has 2 rings (SSSR count). The van der Waals surface area contributed by atoms with Gasteiger partial charge in [-0.25, -0.2) is 4.68 Å². The van der Waals surface area contributed by atoms with E-state index >= 15 is 0 Å². The smallest absolute Gasteiger partial charge is 0.125 e. The Morgan fingerprint density at radius 2 is 2.14 bits per heavy atom. The molecule has 0 atom stereocenters. The Hall–Kier alpha value is -1.84.